The van der Waals surface area contributed by atoms with Gasteiger partial charge in [-0.05, 0) is 49.9 Å². The smallest absolute Gasteiger partial charge is 0.159 e. The van der Waals surface area contributed by atoms with Gasteiger partial charge in [-0.3, -0.25) is 0 Å². The van der Waals surface area contributed by atoms with E-state index < -0.39 is 0 Å². The van der Waals surface area contributed by atoms with Crippen molar-refractivity contribution in [3.8, 4) is 22.9 Å². The minimum atomic E-state index is 0.656. The highest BCUT2D eigenvalue weighted by Gasteiger charge is 2.03. The molecule has 1 heterocycles. The molecule has 0 unspecified atom stereocenters. The van der Waals surface area contributed by atoms with Crippen LogP contribution in [0.25, 0.3) is 11.4 Å². The topological polar surface area (TPSA) is 53.5 Å². The quantitative estimate of drug-likeness (QED) is 0.243. The molecule has 0 N–H and O–H groups in total. The third-order valence-corrected chi connectivity index (χ3v) is 5.06. The van der Waals surface area contributed by atoms with Crippen LogP contribution in [0.4, 0.5) is 0 Å². The van der Waals surface area contributed by atoms with Crippen molar-refractivity contribution in [2.45, 2.75) is 78.1 Å². The molecule has 2 aromatic rings. The first-order valence-electron chi connectivity index (χ1n) is 12.1. The van der Waals surface area contributed by atoms with Crippen LogP contribution in [-0.2, 0) is 4.74 Å². The predicted octanol–water partition coefficient (Wildman–Crippen LogP) is 6.86. The van der Waals surface area contributed by atoms with Gasteiger partial charge in [0.1, 0.15) is 5.75 Å². The summed E-state index contributed by atoms with van der Waals surface area (Å²) in [5.74, 6) is 2.30. The fourth-order valence-corrected chi connectivity index (χ4v) is 3.23. The van der Waals surface area contributed by atoms with Gasteiger partial charge in [0.05, 0.1) is 25.6 Å². The molecule has 0 aliphatic heterocycles. The number of benzene rings is 1. The highest BCUT2D eigenvalue weighted by Crippen LogP contribution is 2.21. The maximum atomic E-state index is 5.86. The van der Waals surface area contributed by atoms with E-state index in [1.807, 2.05) is 24.3 Å². The van der Waals surface area contributed by atoms with Gasteiger partial charge in [0, 0.05) is 18.8 Å². The van der Waals surface area contributed by atoms with E-state index in [0.29, 0.717) is 18.2 Å². The Bertz CT molecular complexity index is 674. The third kappa shape index (κ3) is 11.2. The monoisotopic (exact) mass is 428 g/mol. The summed E-state index contributed by atoms with van der Waals surface area (Å²) in [7, 11) is 0. The van der Waals surface area contributed by atoms with Crippen LogP contribution in [0.5, 0.6) is 11.5 Å². The number of nitrogens with zero attached hydrogens (tertiary/aromatic N) is 2. The second-order valence-electron chi connectivity index (χ2n) is 7.90. The summed E-state index contributed by atoms with van der Waals surface area (Å²) in [6.07, 6.45) is 15.6. The molecule has 0 fully saturated rings. The van der Waals surface area contributed by atoms with E-state index >= 15 is 0 Å². The van der Waals surface area contributed by atoms with Crippen molar-refractivity contribution in [3.05, 3.63) is 36.7 Å². The van der Waals surface area contributed by atoms with Gasteiger partial charge in [-0.1, -0.05) is 52.4 Å². The number of aromatic nitrogens is 2. The van der Waals surface area contributed by atoms with Crippen LogP contribution in [0.15, 0.2) is 36.7 Å². The zero-order valence-corrected chi connectivity index (χ0v) is 19.5. The van der Waals surface area contributed by atoms with Crippen molar-refractivity contribution >= 4 is 0 Å². The van der Waals surface area contributed by atoms with Crippen molar-refractivity contribution in [3.63, 3.8) is 0 Å². The Kier molecular flexibility index (Phi) is 13.4. The normalized spacial score (nSPS) is 10.9. The summed E-state index contributed by atoms with van der Waals surface area (Å²) in [5, 5.41) is 0. The van der Waals surface area contributed by atoms with Crippen LogP contribution in [0.2, 0.25) is 0 Å². The predicted molar refractivity (Wildman–Crippen MR) is 127 cm³/mol. The molecule has 0 radical (unpaired) electrons. The van der Waals surface area contributed by atoms with Gasteiger partial charge in [0.15, 0.2) is 11.6 Å². The maximum Gasteiger partial charge on any atom is 0.159 e. The van der Waals surface area contributed by atoms with Crippen LogP contribution in [-0.4, -0.2) is 36.4 Å². The van der Waals surface area contributed by atoms with E-state index in [0.717, 1.165) is 56.8 Å². The number of unbranched alkanes of at least 4 members (excludes halogenated alkanes) is 7. The number of hydrogen-bond acceptors (Lipinski definition) is 5. The second kappa shape index (κ2) is 16.5. The molecule has 172 valence electrons. The Hall–Kier alpha value is -2.14. The van der Waals surface area contributed by atoms with Gasteiger partial charge in [-0.15, -0.1) is 0 Å². The van der Waals surface area contributed by atoms with Gasteiger partial charge in [0.2, 0.25) is 0 Å². The molecule has 5 nitrogen and oxygen atoms in total. The lowest BCUT2D eigenvalue weighted by molar-refractivity contribution is 0.127. The lowest BCUT2D eigenvalue weighted by Crippen LogP contribution is -2.02. The third-order valence-electron chi connectivity index (χ3n) is 5.06. The molecule has 5 heteroatoms. The fraction of sp³-hybridized carbons (Fsp3) is 0.615. The van der Waals surface area contributed by atoms with Crippen LogP contribution in [0, 0.1) is 0 Å². The number of rotatable bonds is 18. The van der Waals surface area contributed by atoms with Crippen molar-refractivity contribution < 1.29 is 14.2 Å². The second-order valence-corrected chi connectivity index (χ2v) is 7.90. The lowest BCUT2D eigenvalue weighted by Gasteiger charge is -2.08. The SMILES string of the molecule is CCCCCCCCCOc1ccc(-c2ncc(OCCCCOCCC)cn2)cc1. The Labute approximate surface area is 188 Å². The van der Waals surface area contributed by atoms with Crippen LogP contribution in [0.1, 0.15) is 78.1 Å². The first kappa shape index (κ1) is 25.1. The van der Waals surface area contributed by atoms with Crippen LogP contribution < -0.4 is 9.47 Å². The standard InChI is InChI=1S/C26H40N2O3/c1-3-5-6-7-8-9-10-19-30-24-15-13-23(14-16-24)26-27-21-25(22-28-26)31-20-12-11-18-29-17-4-2/h13-16,21-22H,3-12,17-20H2,1-2H3. The van der Waals surface area contributed by atoms with E-state index in [1.165, 1.54) is 38.5 Å². The average molecular weight is 429 g/mol. The van der Waals surface area contributed by atoms with Gasteiger partial charge in [0.25, 0.3) is 0 Å². The molecule has 0 atom stereocenters. The zero-order valence-electron chi connectivity index (χ0n) is 19.5. The van der Waals surface area contributed by atoms with Crippen molar-refractivity contribution in [2.75, 3.05) is 26.4 Å². The average Bonchev–Trinajstić information content (AvgIpc) is 2.81. The van der Waals surface area contributed by atoms with Crippen molar-refractivity contribution in [1.29, 1.82) is 0 Å². The van der Waals surface area contributed by atoms with Crippen LogP contribution in [0.3, 0.4) is 0 Å². The molecule has 1 aromatic heterocycles. The molecule has 0 saturated carbocycles. The summed E-state index contributed by atoms with van der Waals surface area (Å²) in [6, 6.07) is 7.99. The highest BCUT2D eigenvalue weighted by atomic mass is 16.5. The largest absolute Gasteiger partial charge is 0.494 e. The van der Waals surface area contributed by atoms with Gasteiger partial charge >= 0.3 is 0 Å². The number of ether oxygens (including phenoxy) is 3. The Morgan fingerprint density at radius 3 is 1.84 bits per heavy atom. The van der Waals surface area contributed by atoms with E-state index in [2.05, 4.69) is 23.8 Å². The molecule has 2 rings (SSSR count). The molecular formula is C26H40N2O3. The number of hydrogen-bond donors (Lipinski definition) is 0. The molecule has 0 aliphatic rings. The van der Waals surface area contributed by atoms with Gasteiger partial charge in [-0.25, -0.2) is 9.97 Å². The summed E-state index contributed by atoms with van der Waals surface area (Å²) in [4.78, 5) is 8.87. The van der Waals surface area contributed by atoms with Crippen molar-refractivity contribution in [2.24, 2.45) is 0 Å². The molecule has 0 amide bonds. The van der Waals surface area contributed by atoms with Crippen molar-refractivity contribution in [1.82, 2.24) is 9.97 Å². The fourth-order valence-electron chi connectivity index (χ4n) is 3.23. The van der Waals surface area contributed by atoms with E-state index in [1.54, 1.807) is 12.4 Å². The molecular weight excluding hydrogens is 388 g/mol. The minimum absolute atomic E-state index is 0.656. The minimum Gasteiger partial charge on any atom is -0.494 e. The van der Waals surface area contributed by atoms with E-state index in [9.17, 15) is 0 Å². The first-order valence-corrected chi connectivity index (χ1v) is 12.1. The summed E-state index contributed by atoms with van der Waals surface area (Å²) >= 11 is 0. The summed E-state index contributed by atoms with van der Waals surface area (Å²) in [5.41, 5.74) is 0.975. The van der Waals surface area contributed by atoms with E-state index in [-0.39, 0.29) is 0 Å². The highest BCUT2D eigenvalue weighted by molar-refractivity contribution is 5.56. The Balaban J connectivity index is 1.63. The maximum absolute atomic E-state index is 5.86. The first-order chi connectivity index (χ1) is 15.3. The summed E-state index contributed by atoms with van der Waals surface area (Å²) < 4.78 is 17.0. The molecule has 31 heavy (non-hydrogen) atoms. The Morgan fingerprint density at radius 1 is 0.581 bits per heavy atom. The molecule has 0 spiro atoms. The molecule has 0 saturated heterocycles. The zero-order chi connectivity index (χ0) is 22.0. The van der Waals surface area contributed by atoms with Gasteiger partial charge in [-0.2, -0.15) is 0 Å². The Morgan fingerprint density at radius 2 is 1.16 bits per heavy atom. The summed E-state index contributed by atoms with van der Waals surface area (Å²) in [6.45, 7) is 7.44. The molecule has 0 bridgehead atoms. The molecule has 0 aliphatic carbocycles. The van der Waals surface area contributed by atoms with Crippen LogP contribution >= 0.6 is 0 Å². The molecule has 1 aromatic carbocycles. The van der Waals surface area contributed by atoms with Gasteiger partial charge < -0.3 is 14.2 Å². The van der Waals surface area contributed by atoms with E-state index in [4.69, 9.17) is 14.2 Å². The lowest BCUT2D eigenvalue weighted by atomic mass is 10.1.